The second-order valence-electron chi connectivity index (χ2n) is 12.0. The lowest BCUT2D eigenvalue weighted by atomic mass is 9.97. The number of hydrogen-bond acceptors (Lipinski definition) is 2. The Labute approximate surface area is 258 Å². The Bertz CT molecular complexity index is 2110. The maximum absolute atomic E-state index is 3.89. The molecule has 0 radical (unpaired) electrons. The zero-order valence-corrected chi connectivity index (χ0v) is 24.6. The molecule has 4 aliphatic rings. The second-order valence-corrected chi connectivity index (χ2v) is 12.0. The number of anilines is 2. The summed E-state index contributed by atoms with van der Waals surface area (Å²) in [7, 11) is 0. The fourth-order valence-electron chi connectivity index (χ4n) is 7.46. The number of benzene rings is 4. The van der Waals surface area contributed by atoms with Crippen molar-refractivity contribution in [3.05, 3.63) is 156 Å². The third-order valence-electron chi connectivity index (χ3n) is 9.43. The summed E-state index contributed by atoms with van der Waals surface area (Å²) < 4.78 is 2.50. The van der Waals surface area contributed by atoms with E-state index in [2.05, 4.69) is 154 Å². The van der Waals surface area contributed by atoms with E-state index in [4.69, 9.17) is 0 Å². The van der Waals surface area contributed by atoms with Crippen LogP contribution in [0.15, 0.2) is 151 Å². The highest BCUT2D eigenvalue weighted by Gasteiger charge is 2.33. The number of aromatic nitrogens is 1. The van der Waals surface area contributed by atoms with Crippen LogP contribution >= 0.6 is 0 Å². The van der Waals surface area contributed by atoms with E-state index in [0.717, 1.165) is 25.7 Å². The van der Waals surface area contributed by atoms with Crippen molar-refractivity contribution in [3.8, 4) is 28.1 Å². The van der Waals surface area contributed by atoms with Gasteiger partial charge in [0.2, 0.25) is 0 Å². The van der Waals surface area contributed by atoms with Crippen molar-refractivity contribution in [2.75, 3.05) is 4.90 Å². The zero-order valence-electron chi connectivity index (χ0n) is 24.6. The minimum atomic E-state index is -0.0177. The Morgan fingerprint density at radius 1 is 0.682 bits per heavy atom. The standard InChI is InChI=1S/C41H33N3/c1-2-13-28(14-3-1)30-16-12-17-31(27-30)43-36-22-9-5-18-32(36)40-33-19-6-10-23-37(33)44(38-24-11-7-20-34(38)41(40)43)39-26-25-29-15-4-8-21-35(29)42-39/h2,5-14,16-27,39,42H,1,3-4,15H2. The van der Waals surface area contributed by atoms with Crippen LogP contribution in [0.3, 0.4) is 0 Å². The summed E-state index contributed by atoms with van der Waals surface area (Å²) in [5.74, 6) is 0. The molecule has 5 aromatic rings. The van der Waals surface area contributed by atoms with E-state index < -0.39 is 0 Å². The minimum absolute atomic E-state index is 0.0177. The summed E-state index contributed by atoms with van der Waals surface area (Å²) in [4.78, 5) is 2.50. The van der Waals surface area contributed by atoms with Crippen LogP contribution in [0.5, 0.6) is 0 Å². The highest BCUT2D eigenvalue weighted by atomic mass is 15.3. The van der Waals surface area contributed by atoms with Crippen LogP contribution < -0.4 is 10.2 Å². The van der Waals surface area contributed by atoms with Crippen molar-refractivity contribution in [2.24, 2.45) is 0 Å². The van der Waals surface area contributed by atoms with Gasteiger partial charge in [0.25, 0.3) is 0 Å². The summed E-state index contributed by atoms with van der Waals surface area (Å²) >= 11 is 0. The number of nitrogens with zero attached hydrogens (tertiary/aromatic N) is 2. The molecule has 44 heavy (non-hydrogen) atoms. The monoisotopic (exact) mass is 567 g/mol. The number of fused-ring (bicyclic) bond motifs is 7. The average Bonchev–Trinajstić information content (AvgIpc) is 3.38. The van der Waals surface area contributed by atoms with Gasteiger partial charge in [-0.2, -0.15) is 0 Å². The molecule has 0 saturated carbocycles. The molecular weight excluding hydrogens is 534 g/mol. The molecule has 2 aliphatic heterocycles. The predicted octanol–water partition coefficient (Wildman–Crippen LogP) is 10.2. The molecule has 2 aliphatic carbocycles. The number of para-hydroxylation sites is 3. The van der Waals surface area contributed by atoms with Crippen LogP contribution in [-0.4, -0.2) is 10.7 Å². The van der Waals surface area contributed by atoms with Crippen LogP contribution in [-0.2, 0) is 0 Å². The highest BCUT2D eigenvalue weighted by molar-refractivity contribution is 6.12. The maximum atomic E-state index is 3.89. The summed E-state index contributed by atoms with van der Waals surface area (Å²) in [6.45, 7) is 0. The zero-order chi connectivity index (χ0) is 29.0. The summed E-state index contributed by atoms with van der Waals surface area (Å²) in [5, 5.41) is 5.16. The van der Waals surface area contributed by atoms with Crippen molar-refractivity contribution < 1.29 is 0 Å². The molecule has 3 heterocycles. The number of dihydropyridines is 1. The Morgan fingerprint density at radius 3 is 2.36 bits per heavy atom. The first-order chi connectivity index (χ1) is 21.8. The third kappa shape index (κ3) is 3.89. The first-order valence-corrected chi connectivity index (χ1v) is 15.8. The van der Waals surface area contributed by atoms with Crippen LogP contribution in [0.2, 0.25) is 0 Å². The van der Waals surface area contributed by atoms with Crippen molar-refractivity contribution >= 4 is 27.9 Å². The van der Waals surface area contributed by atoms with Gasteiger partial charge in [-0.1, -0.05) is 97.1 Å². The number of nitrogens with one attached hydrogen (secondary N) is 1. The van der Waals surface area contributed by atoms with Gasteiger partial charge in [0, 0.05) is 33.5 Å². The van der Waals surface area contributed by atoms with Gasteiger partial charge in [0.1, 0.15) is 6.17 Å². The summed E-state index contributed by atoms with van der Waals surface area (Å²) in [5.41, 5.74) is 15.0. The van der Waals surface area contributed by atoms with Gasteiger partial charge in [-0.25, -0.2) is 0 Å². The molecule has 212 valence electrons. The van der Waals surface area contributed by atoms with Gasteiger partial charge in [-0.3, -0.25) is 0 Å². The third-order valence-corrected chi connectivity index (χ3v) is 9.43. The lowest BCUT2D eigenvalue weighted by Crippen LogP contribution is -2.43. The SMILES string of the molecule is C1=CC(c2cccc(-n3c4c(c5ccccc53)-c3ccccc3N(C3C=CC5=C(C=CCC5)N3)c3ccccc3-4)c2)=CCC1. The van der Waals surface area contributed by atoms with Gasteiger partial charge in [0.05, 0.1) is 22.6 Å². The van der Waals surface area contributed by atoms with Gasteiger partial charge in [-0.15, -0.1) is 0 Å². The minimum Gasteiger partial charge on any atom is -0.361 e. The molecule has 1 N–H and O–H groups in total. The first-order valence-electron chi connectivity index (χ1n) is 15.8. The molecule has 1 atom stereocenters. The highest BCUT2D eigenvalue weighted by Crippen LogP contribution is 2.53. The molecule has 1 aromatic heterocycles. The Kier molecular flexibility index (Phi) is 5.83. The van der Waals surface area contributed by atoms with Gasteiger partial charge < -0.3 is 14.8 Å². The van der Waals surface area contributed by atoms with Crippen molar-refractivity contribution in [2.45, 2.75) is 31.8 Å². The summed E-state index contributed by atoms with van der Waals surface area (Å²) in [6, 6.07) is 35.8. The normalized spacial score (nSPS) is 18.2. The molecule has 3 heteroatoms. The predicted molar refractivity (Wildman–Crippen MR) is 184 cm³/mol. The molecule has 0 fully saturated rings. The Hall–Kier alpha value is -5.28. The van der Waals surface area contributed by atoms with Crippen LogP contribution in [0, 0.1) is 0 Å². The molecule has 3 nitrogen and oxygen atoms in total. The van der Waals surface area contributed by atoms with Crippen molar-refractivity contribution in [1.82, 2.24) is 9.88 Å². The largest absolute Gasteiger partial charge is 0.361 e. The van der Waals surface area contributed by atoms with Gasteiger partial charge in [0.15, 0.2) is 0 Å². The van der Waals surface area contributed by atoms with E-state index in [-0.39, 0.29) is 6.17 Å². The van der Waals surface area contributed by atoms with Crippen LogP contribution in [0.1, 0.15) is 31.2 Å². The maximum Gasteiger partial charge on any atom is 0.123 e. The van der Waals surface area contributed by atoms with Gasteiger partial charge in [-0.05, 0) is 84.9 Å². The molecule has 0 saturated heterocycles. The molecular formula is C41H33N3. The van der Waals surface area contributed by atoms with E-state index in [1.54, 1.807) is 0 Å². The number of rotatable bonds is 3. The van der Waals surface area contributed by atoms with Crippen molar-refractivity contribution in [3.63, 3.8) is 0 Å². The number of hydrogen-bond donors (Lipinski definition) is 1. The summed E-state index contributed by atoms with van der Waals surface area (Å²) in [6.07, 6.45) is 20.5. The molecule has 1 unspecified atom stereocenters. The van der Waals surface area contributed by atoms with Gasteiger partial charge >= 0.3 is 0 Å². The smallest absolute Gasteiger partial charge is 0.123 e. The Balaban J connectivity index is 1.32. The van der Waals surface area contributed by atoms with E-state index >= 15 is 0 Å². The molecule has 0 amide bonds. The van der Waals surface area contributed by atoms with Crippen LogP contribution in [0.4, 0.5) is 11.4 Å². The lowest BCUT2D eigenvalue weighted by molar-refractivity contribution is 0.663. The first kappa shape index (κ1) is 25.2. The fraction of sp³-hybridized carbons (Fsp3) is 0.122. The molecule has 9 rings (SSSR count). The topological polar surface area (TPSA) is 20.2 Å². The van der Waals surface area contributed by atoms with Crippen LogP contribution in [0.25, 0.3) is 44.5 Å². The molecule has 0 spiro atoms. The van der Waals surface area contributed by atoms with Crippen molar-refractivity contribution in [1.29, 1.82) is 0 Å². The second kappa shape index (κ2) is 10.2. The van der Waals surface area contributed by atoms with E-state index in [0.29, 0.717) is 0 Å². The average molecular weight is 568 g/mol. The quantitative estimate of drug-likeness (QED) is 0.234. The Morgan fingerprint density at radius 2 is 1.48 bits per heavy atom. The number of allylic oxidation sites excluding steroid dienone is 8. The lowest BCUT2D eigenvalue weighted by Gasteiger charge is -2.37. The van der Waals surface area contributed by atoms with E-state index in [1.165, 1.54) is 72.8 Å². The fourth-order valence-corrected chi connectivity index (χ4v) is 7.46. The van der Waals surface area contributed by atoms with E-state index in [1.807, 2.05) is 0 Å². The molecule has 0 bridgehead atoms. The molecule has 4 aromatic carbocycles. The van der Waals surface area contributed by atoms with E-state index in [9.17, 15) is 0 Å².